The molecule has 4 aromatic heterocycles. The molecule has 0 N–H and O–H groups in total. The van der Waals surface area contributed by atoms with Crippen molar-refractivity contribution < 1.29 is 0 Å². The Bertz CT molecular complexity index is 1180. The van der Waals surface area contributed by atoms with Crippen LogP contribution in [-0.4, -0.2) is 19.9 Å². The Labute approximate surface area is 135 Å². The number of fused-ring (bicyclic) bond motifs is 4. The van der Waals surface area contributed by atoms with Crippen molar-refractivity contribution in [1.29, 1.82) is 0 Å². The molecule has 5 heteroatoms. The summed E-state index contributed by atoms with van der Waals surface area (Å²) in [6.07, 6.45) is 3.41. The Balaban J connectivity index is 1.84. The van der Waals surface area contributed by atoms with E-state index in [1.807, 2.05) is 36.4 Å². The number of pyridine rings is 2. The van der Waals surface area contributed by atoms with Crippen LogP contribution in [0.1, 0.15) is 0 Å². The minimum Gasteiger partial charge on any atom is -0.246 e. The lowest BCUT2D eigenvalue weighted by atomic mass is 10.1. The molecule has 0 fully saturated rings. The van der Waals surface area contributed by atoms with E-state index in [0.29, 0.717) is 0 Å². The smallest absolute Gasteiger partial charge is 0.126 e. The highest BCUT2D eigenvalue weighted by Crippen LogP contribution is 2.36. The van der Waals surface area contributed by atoms with Gasteiger partial charge in [0, 0.05) is 17.0 Å². The van der Waals surface area contributed by atoms with Gasteiger partial charge in [-0.15, -0.1) is 11.3 Å². The summed E-state index contributed by atoms with van der Waals surface area (Å²) in [5.41, 5.74) is 3.64. The lowest BCUT2D eigenvalue weighted by molar-refractivity contribution is 1.22. The maximum absolute atomic E-state index is 4.76. The second-order valence-corrected chi connectivity index (χ2v) is 6.25. The molecule has 108 valence electrons. The molecule has 0 aliphatic carbocycles. The number of hydrogen-bond donors (Lipinski definition) is 0. The number of benzene rings is 1. The minimum absolute atomic E-state index is 0.864. The molecule has 5 aromatic rings. The van der Waals surface area contributed by atoms with Crippen LogP contribution in [0.15, 0.2) is 61.1 Å². The topological polar surface area (TPSA) is 51.6 Å². The second-order valence-electron chi connectivity index (χ2n) is 5.25. The zero-order valence-corrected chi connectivity index (χ0v) is 12.8. The molecule has 0 saturated heterocycles. The maximum atomic E-state index is 4.76. The van der Waals surface area contributed by atoms with Crippen LogP contribution in [0.3, 0.4) is 0 Å². The fourth-order valence-corrected chi connectivity index (χ4v) is 3.89. The van der Waals surface area contributed by atoms with Crippen LogP contribution in [0.5, 0.6) is 0 Å². The SMILES string of the molecule is c1ccc2nc(-c3ncnc4c3sc3ncccc34)ccc2c1. The average Bonchev–Trinajstić information content (AvgIpc) is 3.00. The van der Waals surface area contributed by atoms with Crippen LogP contribution in [0.4, 0.5) is 0 Å². The highest BCUT2D eigenvalue weighted by Gasteiger charge is 2.14. The Kier molecular flexibility index (Phi) is 2.63. The maximum Gasteiger partial charge on any atom is 0.126 e. The molecule has 23 heavy (non-hydrogen) atoms. The van der Waals surface area contributed by atoms with Gasteiger partial charge < -0.3 is 0 Å². The number of aromatic nitrogens is 4. The molecule has 5 rings (SSSR count). The summed E-state index contributed by atoms with van der Waals surface area (Å²) in [5, 5.41) is 2.19. The first-order valence-corrected chi connectivity index (χ1v) is 8.06. The second kappa shape index (κ2) is 4.79. The van der Waals surface area contributed by atoms with E-state index in [1.54, 1.807) is 23.9 Å². The first-order chi connectivity index (χ1) is 11.4. The third-order valence-electron chi connectivity index (χ3n) is 3.87. The van der Waals surface area contributed by atoms with Crippen molar-refractivity contribution in [2.75, 3.05) is 0 Å². The highest BCUT2D eigenvalue weighted by molar-refractivity contribution is 7.25. The van der Waals surface area contributed by atoms with Crippen molar-refractivity contribution in [3.8, 4) is 11.4 Å². The van der Waals surface area contributed by atoms with Crippen LogP contribution in [0.2, 0.25) is 0 Å². The van der Waals surface area contributed by atoms with Crippen molar-refractivity contribution >= 4 is 42.7 Å². The molecule has 0 saturated carbocycles. The van der Waals surface area contributed by atoms with Gasteiger partial charge in [0.2, 0.25) is 0 Å². The Morgan fingerprint density at radius 1 is 0.826 bits per heavy atom. The molecule has 0 radical (unpaired) electrons. The molecule has 4 nitrogen and oxygen atoms in total. The van der Waals surface area contributed by atoms with Gasteiger partial charge in [-0.25, -0.2) is 19.9 Å². The molecule has 0 aliphatic rings. The predicted molar refractivity (Wildman–Crippen MR) is 93.5 cm³/mol. The number of hydrogen-bond acceptors (Lipinski definition) is 5. The van der Waals surface area contributed by atoms with Crippen molar-refractivity contribution in [2.24, 2.45) is 0 Å². The van der Waals surface area contributed by atoms with Crippen LogP contribution < -0.4 is 0 Å². The van der Waals surface area contributed by atoms with E-state index in [1.165, 1.54) is 0 Å². The third kappa shape index (κ3) is 1.90. The van der Waals surface area contributed by atoms with Gasteiger partial charge in [0.1, 0.15) is 16.9 Å². The fourth-order valence-electron chi connectivity index (χ4n) is 2.79. The van der Waals surface area contributed by atoms with Crippen LogP contribution in [-0.2, 0) is 0 Å². The normalized spacial score (nSPS) is 11.5. The summed E-state index contributed by atoms with van der Waals surface area (Å²) < 4.78 is 1.03. The van der Waals surface area contributed by atoms with Gasteiger partial charge in [-0.3, -0.25) is 0 Å². The molecule has 0 amide bonds. The summed E-state index contributed by atoms with van der Waals surface area (Å²) in [6, 6.07) is 16.2. The van der Waals surface area contributed by atoms with E-state index in [9.17, 15) is 0 Å². The summed E-state index contributed by atoms with van der Waals surface area (Å²) in [7, 11) is 0. The summed E-state index contributed by atoms with van der Waals surface area (Å²) in [5.74, 6) is 0. The van der Waals surface area contributed by atoms with Crippen molar-refractivity contribution in [3.05, 3.63) is 61.1 Å². The molecule has 0 bridgehead atoms. The first-order valence-electron chi connectivity index (χ1n) is 7.24. The van der Waals surface area contributed by atoms with Gasteiger partial charge in [0.25, 0.3) is 0 Å². The fraction of sp³-hybridized carbons (Fsp3) is 0. The summed E-state index contributed by atoms with van der Waals surface area (Å²) in [6.45, 7) is 0. The predicted octanol–water partition coefficient (Wildman–Crippen LogP) is 4.45. The van der Waals surface area contributed by atoms with Crippen molar-refractivity contribution in [3.63, 3.8) is 0 Å². The Morgan fingerprint density at radius 2 is 1.78 bits per heavy atom. The van der Waals surface area contributed by atoms with E-state index in [2.05, 4.69) is 27.1 Å². The van der Waals surface area contributed by atoms with E-state index in [4.69, 9.17) is 4.98 Å². The number of thiophene rings is 1. The Morgan fingerprint density at radius 3 is 2.78 bits per heavy atom. The van der Waals surface area contributed by atoms with E-state index >= 15 is 0 Å². The van der Waals surface area contributed by atoms with Crippen molar-refractivity contribution in [2.45, 2.75) is 0 Å². The summed E-state index contributed by atoms with van der Waals surface area (Å²) >= 11 is 1.61. The lowest BCUT2D eigenvalue weighted by Crippen LogP contribution is -1.90. The Hall–Kier alpha value is -2.92. The quantitative estimate of drug-likeness (QED) is 0.458. The van der Waals surface area contributed by atoms with Crippen molar-refractivity contribution in [1.82, 2.24) is 19.9 Å². The molecule has 0 aliphatic heterocycles. The number of rotatable bonds is 1. The van der Waals surface area contributed by atoms with E-state index < -0.39 is 0 Å². The first kappa shape index (κ1) is 12.6. The van der Waals surface area contributed by atoms with Gasteiger partial charge in [-0.2, -0.15) is 0 Å². The van der Waals surface area contributed by atoms with Crippen LogP contribution >= 0.6 is 11.3 Å². The molecular weight excluding hydrogens is 304 g/mol. The van der Waals surface area contributed by atoms with Gasteiger partial charge in [0.05, 0.1) is 21.4 Å². The number of nitrogens with zero attached hydrogens (tertiary/aromatic N) is 4. The average molecular weight is 314 g/mol. The molecular formula is C18H10N4S. The van der Waals surface area contributed by atoms with Crippen LogP contribution in [0.25, 0.3) is 42.7 Å². The zero-order valence-electron chi connectivity index (χ0n) is 12.0. The highest BCUT2D eigenvalue weighted by atomic mass is 32.1. The molecule has 1 aromatic carbocycles. The monoisotopic (exact) mass is 314 g/mol. The van der Waals surface area contributed by atoms with E-state index in [-0.39, 0.29) is 0 Å². The van der Waals surface area contributed by atoms with Gasteiger partial charge >= 0.3 is 0 Å². The van der Waals surface area contributed by atoms with Gasteiger partial charge in [-0.1, -0.05) is 24.3 Å². The molecule has 4 heterocycles. The standard InChI is InChI=1S/C18H10N4S/c1-2-6-13-11(4-1)7-8-14(22-13)16-17-15(20-10-21-16)12-5-3-9-19-18(12)23-17/h1-10H. The molecule has 0 spiro atoms. The zero-order chi connectivity index (χ0) is 15.2. The van der Waals surface area contributed by atoms with Crippen LogP contribution in [0, 0.1) is 0 Å². The molecule has 0 atom stereocenters. The summed E-state index contributed by atoms with van der Waals surface area (Å²) in [4.78, 5) is 19.1. The van der Waals surface area contributed by atoms with Gasteiger partial charge in [0.15, 0.2) is 0 Å². The lowest BCUT2D eigenvalue weighted by Gasteiger charge is -2.03. The van der Waals surface area contributed by atoms with E-state index in [0.717, 1.165) is 42.7 Å². The minimum atomic E-state index is 0.864. The number of para-hydroxylation sites is 1. The largest absolute Gasteiger partial charge is 0.246 e. The van der Waals surface area contributed by atoms with Gasteiger partial charge in [-0.05, 0) is 24.3 Å². The molecule has 0 unspecified atom stereocenters. The third-order valence-corrected chi connectivity index (χ3v) is 4.98.